The van der Waals surface area contributed by atoms with Crippen LogP contribution in [0.3, 0.4) is 0 Å². The molecule has 0 aliphatic rings. The molecule has 1 heterocycles. The van der Waals surface area contributed by atoms with Gasteiger partial charge in [-0.1, -0.05) is 6.07 Å². The van der Waals surface area contributed by atoms with Gasteiger partial charge in [-0.25, -0.2) is 4.98 Å². The number of nitrogens with two attached hydrogens (primary N) is 1. The van der Waals surface area contributed by atoms with Crippen molar-refractivity contribution >= 4 is 11.0 Å². The first-order chi connectivity index (χ1) is 8.50. The molecule has 0 unspecified atom stereocenters. The predicted molar refractivity (Wildman–Crippen MR) is 75.7 cm³/mol. The van der Waals surface area contributed by atoms with Gasteiger partial charge in [-0.05, 0) is 51.4 Å². The molecule has 0 saturated carbocycles. The maximum absolute atomic E-state index is 5.69. The van der Waals surface area contributed by atoms with Crippen molar-refractivity contribution in [3.8, 4) is 0 Å². The molecule has 98 valence electrons. The van der Waals surface area contributed by atoms with Crippen LogP contribution in [-0.4, -0.2) is 28.6 Å². The molecule has 2 aromatic rings. The molecule has 2 rings (SSSR count). The number of nitrogens with one attached hydrogen (secondary N) is 2. The Bertz CT molecular complexity index is 528. The van der Waals surface area contributed by atoms with E-state index >= 15 is 0 Å². The van der Waals surface area contributed by atoms with Crippen LogP contribution in [0.25, 0.3) is 11.0 Å². The maximum atomic E-state index is 5.69. The number of rotatable bonds is 5. The van der Waals surface area contributed by atoms with Crippen molar-refractivity contribution in [3.63, 3.8) is 0 Å². The number of fused-ring (bicyclic) bond motifs is 1. The van der Waals surface area contributed by atoms with Gasteiger partial charge in [0.25, 0.3) is 0 Å². The molecule has 0 saturated heterocycles. The largest absolute Gasteiger partial charge is 0.342 e. The van der Waals surface area contributed by atoms with E-state index in [4.69, 9.17) is 5.73 Å². The minimum Gasteiger partial charge on any atom is -0.342 e. The first kappa shape index (κ1) is 13.1. The molecule has 0 bridgehead atoms. The quantitative estimate of drug-likeness (QED) is 0.753. The first-order valence-corrected chi connectivity index (χ1v) is 6.40. The lowest BCUT2D eigenvalue weighted by molar-refractivity contribution is 0.402. The van der Waals surface area contributed by atoms with E-state index in [1.54, 1.807) is 0 Å². The predicted octanol–water partition coefficient (Wildman–Crippen LogP) is 1.74. The molecule has 0 aliphatic heterocycles. The maximum Gasteiger partial charge on any atom is 0.104 e. The smallest absolute Gasteiger partial charge is 0.104 e. The van der Waals surface area contributed by atoms with E-state index in [1.165, 1.54) is 5.56 Å². The number of nitrogens with zero attached hydrogens (tertiary/aromatic N) is 1. The van der Waals surface area contributed by atoms with Gasteiger partial charge in [-0.15, -0.1) is 0 Å². The molecule has 0 spiro atoms. The van der Waals surface area contributed by atoms with E-state index in [9.17, 15) is 0 Å². The minimum absolute atomic E-state index is 0.00861. The standard InChI is InChI=1S/C14H22N4/c1-10-17-12-5-4-11(8-13(12)18-10)6-7-16-14(2,3)9-15/h4-5,8,16H,6-7,9,15H2,1-3H3,(H,17,18). The third-order valence-electron chi connectivity index (χ3n) is 3.19. The molecule has 0 atom stereocenters. The minimum atomic E-state index is 0.00861. The van der Waals surface area contributed by atoms with Crippen LogP contribution < -0.4 is 11.1 Å². The van der Waals surface area contributed by atoms with Gasteiger partial charge in [0.15, 0.2) is 0 Å². The molecular weight excluding hydrogens is 224 g/mol. The zero-order valence-corrected chi connectivity index (χ0v) is 11.4. The van der Waals surface area contributed by atoms with Crippen molar-refractivity contribution in [2.75, 3.05) is 13.1 Å². The highest BCUT2D eigenvalue weighted by Gasteiger charge is 2.13. The highest BCUT2D eigenvalue weighted by atomic mass is 15.0. The summed E-state index contributed by atoms with van der Waals surface area (Å²) in [5.74, 6) is 0.963. The Balaban J connectivity index is 1.99. The second kappa shape index (κ2) is 5.08. The number of H-pyrrole nitrogens is 1. The molecule has 1 aromatic carbocycles. The highest BCUT2D eigenvalue weighted by molar-refractivity contribution is 5.75. The average molecular weight is 246 g/mol. The van der Waals surface area contributed by atoms with Crippen LogP contribution in [0.2, 0.25) is 0 Å². The van der Waals surface area contributed by atoms with Gasteiger partial charge in [0.05, 0.1) is 11.0 Å². The van der Waals surface area contributed by atoms with Crippen LogP contribution in [0, 0.1) is 6.92 Å². The zero-order chi connectivity index (χ0) is 13.2. The van der Waals surface area contributed by atoms with Gasteiger partial charge in [0.2, 0.25) is 0 Å². The normalized spacial score (nSPS) is 12.2. The summed E-state index contributed by atoms with van der Waals surface area (Å²) in [6.07, 6.45) is 0.997. The van der Waals surface area contributed by atoms with Crippen LogP contribution in [0.4, 0.5) is 0 Å². The fourth-order valence-electron chi connectivity index (χ4n) is 1.96. The van der Waals surface area contributed by atoms with Gasteiger partial charge in [0, 0.05) is 12.1 Å². The summed E-state index contributed by atoms with van der Waals surface area (Å²) in [6, 6.07) is 6.38. The Morgan fingerprint density at radius 1 is 1.39 bits per heavy atom. The second-order valence-corrected chi connectivity index (χ2v) is 5.44. The Labute approximate surface area is 108 Å². The van der Waals surface area contributed by atoms with E-state index < -0.39 is 0 Å². The molecule has 0 amide bonds. The molecule has 1 aromatic heterocycles. The van der Waals surface area contributed by atoms with E-state index in [2.05, 4.69) is 47.3 Å². The third kappa shape index (κ3) is 3.09. The lowest BCUT2D eigenvalue weighted by Crippen LogP contribution is -2.46. The summed E-state index contributed by atoms with van der Waals surface area (Å²) in [5.41, 5.74) is 9.16. The number of imidazole rings is 1. The van der Waals surface area contributed by atoms with Gasteiger partial charge in [-0.3, -0.25) is 0 Å². The molecule has 4 nitrogen and oxygen atoms in total. The molecule has 0 radical (unpaired) electrons. The number of aryl methyl sites for hydroxylation is 1. The van der Waals surface area contributed by atoms with E-state index in [-0.39, 0.29) is 5.54 Å². The lowest BCUT2D eigenvalue weighted by atomic mass is 10.1. The van der Waals surface area contributed by atoms with Crippen LogP contribution in [-0.2, 0) is 6.42 Å². The SMILES string of the molecule is Cc1nc2ccc(CCNC(C)(C)CN)cc2[nH]1. The summed E-state index contributed by atoms with van der Waals surface area (Å²) in [5, 5.41) is 3.46. The zero-order valence-electron chi connectivity index (χ0n) is 11.4. The fourth-order valence-corrected chi connectivity index (χ4v) is 1.96. The number of aromatic nitrogens is 2. The number of hydrogen-bond acceptors (Lipinski definition) is 3. The molecule has 0 fully saturated rings. The van der Waals surface area contributed by atoms with Gasteiger partial charge in [-0.2, -0.15) is 0 Å². The van der Waals surface area contributed by atoms with Crippen molar-refractivity contribution in [2.45, 2.75) is 32.7 Å². The summed E-state index contributed by atoms with van der Waals surface area (Å²) in [6.45, 7) is 7.79. The van der Waals surface area contributed by atoms with Crippen molar-refractivity contribution < 1.29 is 0 Å². The van der Waals surface area contributed by atoms with E-state index in [0.29, 0.717) is 6.54 Å². The molecular formula is C14H22N4. The van der Waals surface area contributed by atoms with Crippen LogP contribution in [0.5, 0.6) is 0 Å². The van der Waals surface area contributed by atoms with E-state index in [0.717, 1.165) is 29.8 Å². The fraction of sp³-hybridized carbons (Fsp3) is 0.500. The Morgan fingerprint density at radius 2 is 2.17 bits per heavy atom. The monoisotopic (exact) mass is 246 g/mol. The number of aromatic amines is 1. The van der Waals surface area contributed by atoms with Crippen LogP contribution in [0.1, 0.15) is 25.2 Å². The van der Waals surface area contributed by atoms with Gasteiger partial charge < -0.3 is 16.0 Å². The Hall–Kier alpha value is -1.39. The molecule has 4 heteroatoms. The Kier molecular flexibility index (Phi) is 3.68. The molecule has 0 aliphatic carbocycles. The van der Waals surface area contributed by atoms with Gasteiger partial charge in [0.1, 0.15) is 5.82 Å². The van der Waals surface area contributed by atoms with Crippen molar-refractivity contribution in [2.24, 2.45) is 5.73 Å². The topological polar surface area (TPSA) is 66.7 Å². The summed E-state index contributed by atoms with van der Waals surface area (Å²) in [4.78, 5) is 7.66. The third-order valence-corrected chi connectivity index (χ3v) is 3.19. The number of benzene rings is 1. The molecule has 4 N–H and O–H groups in total. The lowest BCUT2D eigenvalue weighted by Gasteiger charge is -2.24. The van der Waals surface area contributed by atoms with Crippen molar-refractivity contribution in [1.82, 2.24) is 15.3 Å². The van der Waals surface area contributed by atoms with Crippen LogP contribution in [0.15, 0.2) is 18.2 Å². The van der Waals surface area contributed by atoms with Crippen LogP contribution >= 0.6 is 0 Å². The Morgan fingerprint density at radius 3 is 2.89 bits per heavy atom. The van der Waals surface area contributed by atoms with Crippen molar-refractivity contribution in [1.29, 1.82) is 0 Å². The first-order valence-electron chi connectivity index (χ1n) is 6.40. The number of hydrogen-bond donors (Lipinski definition) is 3. The average Bonchev–Trinajstić information content (AvgIpc) is 2.68. The van der Waals surface area contributed by atoms with E-state index in [1.807, 2.05) is 6.92 Å². The summed E-state index contributed by atoms with van der Waals surface area (Å²) < 4.78 is 0. The molecule has 18 heavy (non-hydrogen) atoms. The van der Waals surface area contributed by atoms with Crippen molar-refractivity contribution in [3.05, 3.63) is 29.6 Å². The summed E-state index contributed by atoms with van der Waals surface area (Å²) >= 11 is 0. The summed E-state index contributed by atoms with van der Waals surface area (Å²) in [7, 11) is 0. The highest BCUT2D eigenvalue weighted by Crippen LogP contribution is 2.13. The second-order valence-electron chi connectivity index (χ2n) is 5.44. The van der Waals surface area contributed by atoms with Gasteiger partial charge >= 0.3 is 0 Å².